The zero-order chi connectivity index (χ0) is 12.0. The van der Waals surface area contributed by atoms with Gasteiger partial charge in [0.1, 0.15) is 11.5 Å². The minimum absolute atomic E-state index is 0.306. The lowest BCUT2D eigenvalue weighted by Gasteiger charge is -2.06. The monoisotopic (exact) mass is 232 g/mol. The van der Waals surface area contributed by atoms with Crippen molar-refractivity contribution in [3.63, 3.8) is 0 Å². The first-order chi connectivity index (χ1) is 8.16. The molecule has 1 heterocycles. The van der Waals surface area contributed by atoms with Crippen LogP contribution in [0.4, 0.5) is 10.1 Å². The number of nitrogens with zero attached hydrogens (tertiary/aromatic N) is 3. The molecule has 0 bridgehead atoms. The molecular weight excluding hydrogens is 219 g/mol. The standard InChI is InChI=1S/C12H13FN4/c1-7-10(14)5-4-9(13)12(7)11-6-15-17(16-11)8-2-3-8/h4-6,8H,2-3,14H2,1H3. The van der Waals surface area contributed by atoms with Gasteiger partial charge in [-0.2, -0.15) is 15.0 Å². The molecule has 2 N–H and O–H groups in total. The maximum absolute atomic E-state index is 13.8. The molecule has 4 nitrogen and oxygen atoms in total. The smallest absolute Gasteiger partial charge is 0.133 e. The molecule has 0 atom stereocenters. The van der Waals surface area contributed by atoms with Crippen molar-refractivity contribution in [2.45, 2.75) is 25.8 Å². The zero-order valence-corrected chi connectivity index (χ0v) is 9.52. The number of halogens is 1. The van der Waals surface area contributed by atoms with Crippen molar-refractivity contribution in [1.82, 2.24) is 15.0 Å². The van der Waals surface area contributed by atoms with Crippen molar-refractivity contribution in [3.8, 4) is 11.3 Å². The van der Waals surface area contributed by atoms with Crippen molar-refractivity contribution in [3.05, 3.63) is 29.7 Å². The van der Waals surface area contributed by atoms with Gasteiger partial charge in [-0.15, -0.1) is 0 Å². The Hall–Kier alpha value is -1.91. The second kappa shape index (κ2) is 3.55. The Morgan fingerprint density at radius 3 is 2.88 bits per heavy atom. The van der Waals surface area contributed by atoms with Crippen molar-refractivity contribution >= 4 is 5.69 Å². The summed E-state index contributed by atoms with van der Waals surface area (Å²) in [6.45, 7) is 1.80. The highest BCUT2D eigenvalue weighted by molar-refractivity contribution is 5.70. The predicted octanol–water partition coefficient (Wildman–Crippen LogP) is 2.31. The molecular formula is C12H13FN4. The number of hydrogen-bond donors (Lipinski definition) is 1. The van der Waals surface area contributed by atoms with E-state index in [1.807, 2.05) is 0 Å². The van der Waals surface area contributed by atoms with Gasteiger partial charge >= 0.3 is 0 Å². The minimum atomic E-state index is -0.306. The van der Waals surface area contributed by atoms with Crippen LogP contribution >= 0.6 is 0 Å². The van der Waals surface area contributed by atoms with Gasteiger partial charge in [0.15, 0.2) is 0 Å². The Balaban J connectivity index is 2.10. The number of anilines is 1. The number of hydrogen-bond acceptors (Lipinski definition) is 3. The highest BCUT2D eigenvalue weighted by Crippen LogP contribution is 2.35. The largest absolute Gasteiger partial charge is 0.398 e. The number of rotatable bonds is 2. The quantitative estimate of drug-likeness (QED) is 0.808. The summed E-state index contributed by atoms with van der Waals surface area (Å²) < 4.78 is 13.8. The summed E-state index contributed by atoms with van der Waals surface area (Å²) in [7, 11) is 0. The predicted molar refractivity (Wildman–Crippen MR) is 62.8 cm³/mol. The van der Waals surface area contributed by atoms with Crippen molar-refractivity contribution in [1.29, 1.82) is 0 Å². The van der Waals surface area contributed by atoms with Gasteiger partial charge in [0.25, 0.3) is 0 Å². The average molecular weight is 232 g/mol. The fraction of sp³-hybridized carbons (Fsp3) is 0.333. The number of aromatic nitrogens is 3. The summed E-state index contributed by atoms with van der Waals surface area (Å²) in [5.74, 6) is -0.306. The summed E-state index contributed by atoms with van der Waals surface area (Å²) >= 11 is 0. The summed E-state index contributed by atoms with van der Waals surface area (Å²) in [6, 6.07) is 3.33. The molecule has 3 rings (SSSR count). The fourth-order valence-electron chi connectivity index (χ4n) is 1.88. The van der Waals surface area contributed by atoms with Crippen molar-refractivity contribution < 1.29 is 4.39 Å². The molecule has 1 fully saturated rings. The average Bonchev–Trinajstić information content (AvgIpc) is 3.05. The van der Waals surface area contributed by atoms with Crippen LogP contribution in [0.1, 0.15) is 24.4 Å². The molecule has 1 saturated carbocycles. The van der Waals surface area contributed by atoms with E-state index < -0.39 is 0 Å². The van der Waals surface area contributed by atoms with Crippen LogP contribution in [0.15, 0.2) is 18.3 Å². The molecule has 1 aliphatic carbocycles. The van der Waals surface area contributed by atoms with E-state index in [9.17, 15) is 4.39 Å². The van der Waals surface area contributed by atoms with Crippen LogP contribution in [0.3, 0.4) is 0 Å². The van der Waals surface area contributed by atoms with E-state index in [0.717, 1.165) is 12.8 Å². The Morgan fingerprint density at radius 1 is 1.41 bits per heavy atom. The molecule has 1 aliphatic rings. The van der Waals surface area contributed by atoms with Gasteiger partial charge in [-0.25, -0.2) is 4.39 Å². The molecule has 5 heteroatoms. The van der Waals surface area contributed by atoms with Crippen LogP contribution in [-0.4, -0.2) is 15.0 Å². The van der Waals surface area contributed by atoms with Gasteiger partial charge in [-0.05, 0) is 37.5 Å². The Labute approximate surface area is 98.2 Å². The highest BCUT2D eigenvalue weighted by Gasteiger charge is 2.26. The molecule has 0 radical (unpaired) electrons. The highest BCUT2D eigenvalue weighted by atomic mass is 19.1. The third kappa shape index (κ3) is 1.67. The fourth-order valence-corrected chi connectivity index (χ4v) is 1.88. The first kappa shape index (κ1) is 10.3. The summed E-state index contributed by atoms with van der Waals surface area (Å²) in [6.07, 6.45) is 3.81. The summed E-state index contributed by atoms with van der Waals surface area (Å²) in [5.41, 5.74) is 8.08. The Morgan fingerprint density at radius 2 is 2.18 bits per heavy atom. The third-order valence-corrected chi connectivity index (χ3v) is 3.09. The normalized spacial score (nSPS) is 15.2. The molecule has 1 aromatic heterocycles. The first-order valence-electron chi connectivity index (χ1n) is 5.63. The molecule has 88 valence electrons. The molecule has 1 aromatic carbocycles. The molecule has 0 saturated heterocycles. The minimum Gasteiger partial charge on any atom is -0.398 e. The molecule has 0 spiro atoms. The van der Waals surface area contributed by atoms with Crippen molar-refractivity contribution in [2.24, 2.45) is 0 Å². The van der Waals surface area contributed by atoms with Crippen LogP contribution in [0, 0.1) is 12.7 Å². The van der Waals surface area contributed by atoms with Gasteiger partial charge in [0.2, 0.25) is 0 Å². The zero-order valence-electron chi connectivity index (χ0n) is 9.52. The number of nitrogens with two attached hydrogens (primary N) is 1. The molecule has 2 aromatic rings. The summed E-state index contributed by atoms with van der Waals surface area (Å²) in [5, 5.41) is 8.48. The van der Waals surface area contributed by atoms with E-state index >= 15 is 0 Å². The second-order valence-electron chi connectivity index (χ2n) is 4.42. The van der Waals surface area contributed by atoms with Crippen LogP contribution < -0.4 is 5.73 Å². The van der Waals surface area contributed by atoms with Crippen molar-refractivity contribution in [2.75, 3.05) is 5.73 Å². The SMILES string of the molecule is Cc1c(N)ccc(F)c1-c1cnn(C2CC2)n1. The maximum atomic E-state index is 13.8. The lowest BCUT2D eigenvalue weighted by molar-refractivity contribution is 0.554. The van der Waals surface area contributed by atoms with E-state index in [2.05, 4.69) is 10.2 Å². The van der Waals surface area contributed by atoms with Gasteiger partial charge in [0, 0.05) is 11.3 Å². The Bertz CT molecular complexity index is 572. The molecule has 0 amide bonds. The van der Waals surface area contributed by atoms with Gasteiger partial charge in [-0.1, -0.05) is 0 Å². The second-order valence-corrected chi connectivity index (χ2v) is 4.42. The van der Waals surface area contributed by atoms with Gasteiger partial charge in [-0.3, -0.25) is 0 Å². The van der Waals surface area contributed by atoms with Crippen LogP contribution in [0.5, 0.6) is 0 Å². The molecule has 0 unspecified atom stereocenters. The number of benzene rings is 1. The van der Waals surface area contributed by atoms with Crippen LogP contribution in [0.2, 0.25) is 0 Å². The molecule has 17 heavy (non-hydrogen) atoms. The lowest BCUT2D eigenvalue weighted by Crippen LogP contribution is -1.99. The van der Waals surface area contributed by atoms with E-state index in [4.69, 9.17) is 5.73 Å². The molecule has 0 aliphatic heterocycles. The van der Waals surface area contributed by atoms with Crippen LogP contribution in [0.25, 0.3) is 11.3 Å². The lowest BCUT2D eigenvalue weighted by atomic mass is 10.0. The Kier molecular flexibility index (Phi) is 2.14. The van der Waals surface area contributed by atoms with Gasteiger partial charge in [0.05, 0.1) is 12.2 Å². The third-order valence-electron chi connectivity index (χ3n) is 3.09. The topological polar surface area (TPSA) is 56.7 Å². The maximum Gasteiger partial charge on any atom is 0.133 e. The number of nitrogen functional groups attached to an aromatic ring is 1. The van der Waals surface area contributed by atoms with E-state index in [0.29, 0.717) is 28.6 Å². The first-order valence-corrected chi connectivity index (χ1v) is 5.63. The van der Waals surface area contributed by atoms with Crippen LogP contribution in [-0.2, 0) is 0 Å². The van der Waals surface area contributed by atoms with E-state index in [1.54, 1.807) is 24.0 Å². The van der Waals surface area contributed by atoms with Gasteiger partial charge < -0.3 is 5.73 Å². The summed E-state index contributed by atoms with van der Waals surface area (Å²) in [4.78, 5) is 1.66. The van der Waals surface area contributed by atoms with E-state index in [1.165, 1.54) is 6.07 Å². The van der Waals surface area contributed by atoms with E-state index in [-0.39, 0.29) is 5.82 Å².